The minimum atomic E-state index is 0.558. The summed E-state index contributed by atoms with van der Waals surface area (Å²) in [7, 11) is 0. The van der Waals surface area contributed by atoms with Crippen molar-refractivity contribution < 1.29 is 0 Å². The molecule has 0 amide bonds. The van der Waals surface area contributed by atoms with Gasteiger partial charge in [-0.1, -0.05) is 58.6 Å². The van der Waals surface area contributed by atoms with Crippen LogP contribution in [0.2, 0.25) is 0 Å². The van der Waals surface area contributed by atoms with E-state index in [0.29, 0.717) is 5.41 Å². The normalized spacial score (nSPS) is 21.6. The first-order valence-electron chi connectivity index (χ1n) is 5.83. The Bertz CT molecular complexity index is 165. The Hall–Kier alpha value is -0.260. The van der Waals surface area contributed by atoms with Crippen molar-refractivity contribution in [1.29, 1.82) is 0 Å². The van der Waals surface area contributed by atoms with Gasteiger partial charge in [0.2, 0.25) is 0 Å². The van der Waals surface area contributed by atoms with Crippen molar-refractivity contribution in [2.45, 2.75) is 59.3 Å². The molecule has 76 valence electrons. The molecule has 0 radical (unpaired) electrons. The van der Waals surface area contributed by atoms with E-state index in [9.17, 15) is 0 Å². The summed E-state index contributed by atoms with van der Waals surface area (Å²) >= 11 is 0. The predicted octanol–water partition coefficient (Wildman–Crippen LogP) is 4.56. The summed E-state index contributed by atoms with van der Waals surface area (Å²) in [6.45, 7) is 7.13. The molecule has 13 heavy (non-hydrogen) atoms. The summed E-state index contributed by atoms with van der Waals surface area (Å²) in [5.74, 6) is 0.870. The van der Waals surface area contributed by atoms with Gasteiger partial charge in [0.05, 0.1) is 0 Å². The van der Waals surface area contributed by atoms with Gasteiger partial charge >= 0.3 is 0 Å². The van der Waals surface area contributed by atoms with Crippen molar-refractivity contribution in [1.82, 2.24) is 0 Å². The first-order chi connectivity index (χ1) is 6.17. The van der Waals surface area contributed by atoms with E-state index in [1.165, 1.54) is 38.5 Å². The lowest BCUT2D eigenvalue weighted by atomic mass is 9.69. The lowest BCUT2D eigenvalue weighted by Crippen LogP contribution is -2.25. The molecule has 0 spiro atoms. The summed E-state index contributed by atoms with van der Waals surface area (Å²) < 4.78 is 0. The number of hydrogen-bond acceptors (Lipinski definition) is 0. The van der Waals surface area contributed by atoms with Gasteiger partial charge < -0.3 is 0 Å². The van der Waals surface area contributed by atoms with Gasteiger partial charge in [0.15, 0.2) is 0 Å². The monoisotopic (exact) mass is 180 g/mol. The second kappa shape index (κ2) is 4.83. The van der Waals surface area contributed by atoms with Crippen LogP contribution in [0.25, 0.3) is 0 Å². The van der Waals surface area contributed by atoms with E-state index in [1.54, 1.807) is 0 Å². The van der Waals surface area contributed by atoms with Crippen LogP contribution in [0.15, 0.2) is 12.2 Å². The Labute approximate surface area is 83.4 Å². The topological polar surface area (TPSA) is 0 Å². The fraction of sp³-hybridized carbons (Fsp3) is 0.846. The van der Waals surface area contributed by atoms with Crippen LogP contribution < -0.4 is 0 Å². The quantitative estimate of drug-likeness (QED) is 0.415. The Balaban J connectivity index is 2.14. The third-order valence-corrected chi connectivity index (χ3v) is 3.44. The molecule has 0 aliphatic heterocycles. The summed E-state index contributed by atoms with van der Waals surface area (Å²) in [4.78, 5) is 0. The van der Waals surface area contributed by atoms with Crippen LogP contribution in [0.3, 0.4) is 0 Å². The second-order valence-corrected chi connectivity index (χ2v) is 5.07. The van der Waals surface area contributed by atoms with Gasteiger partial charge in [-0.3, -0.25) is 0 Å². The minimum Gasteiger partial charge on any atom is -0.0876 e. The fourth-order valence-electron chi connectivity index (χ4n) is 2.04. The van der Waals surface area contributed by atoms with Gasteiger partial charge in [-0.05, 0) is 24.2 Å². The zero-order valence-corrected chi connectivity index (χ0v) is 9.47. The zero-order chi connectivity index (χ0) is 9.73. The largest absolute Gasteiger partial charge is 0.0876 e. The van der Waals surface area contributed by atoms with Gasteiger partial charge in [-0.15, -0.1) is 0 Å². The van der Waals surface area contributed by atoms with Crippen LogP contribution in [0.4, 0.5) is 0 Å². The van der Waals surface area contributed by atoms with Crippen LogP contribution in [-0.4, -0.2) is 0 Å². The highest BCUT2D eigenvalue weighted by atomic mass is 14.3. The number of hydrogen-bond donors (Lipinski definition) is 0. The van der Waals surface area contributed by atoms with Gasteiger partial charge in [0, 0.05) is 0 Å². The SMILES string of the molecule is CCCCCCC(C)(C)C1C=CC1. The molecule has 0 fully saturated rings. The Morgan fingerprint density at radius 2 is 1.92 bits per heavy atom. The molecule has 1 aliphatic carbocycles. The zero-order valence-electron chi connectivity index (χ0n) is 9.47. The van der Waals surface area contributed by atoms with Crippen molar-refractivity contribution in [3.8, 4) is 0 Å². The number of unbranched alkanes of at least 4 members (excludes halogenated alkanes) is 3. The first-order valence-corrected chi connectivity index (χ1v) is 5.83. The standard InChI is InChI=1S/C13H24/c1-4-5-6-7-11-13(2,3)12-9-8-10-12/h8-9,12H,4-7,10-11H2,1-3H3. The summed E-state index contributed by atoms with van der Waals surface area (Å²) in [5.41, 5.74) is 0.558. The molecule has 0 bridgehead atoms. The van der Waals surface area contributed by atoms with E-state index in [4.69, 9.17) is 0 Å². The smallest absolute Gasteiger partial charge is 0.0148 e. The maximum absolute atomic E-state index is 2.42. The molecule has 0 saturated carbocycles. The summed E-state index contributed by atoms with van der Waals surface area (Å²) in [6, 6.07) is 0. The molecule has 0 aromatic carbocycles. The lowest BCUT2D eigenvalue weighted by molar-refractivity contribution is 0.216. The third-order valence-electron chi connectivity index (χ3n) is 3.44. The fourth-order valence-corrected chi connectivity index (χ4v) is 2.04. The number of allylic oxidation sites excluding steroid dienone is 2. The van der Waals surface area contributed by atoms with E-state index < -0.39 is 0 Å². The van der Waals surface area contributed by atoms with Crippen molar-refractivity contribution in [3.05, 3.63) is 12.2 Å². The van der Waals surface area contributed by atoms with Crippen LogP contribution in [-0.2, 0) is 0 Å². The molecular formula is C13H24. The van der Waals surface area contributed by atoms with E-state index >= 15 is 0 Å². The highest BCUT2D eigenvalue weighted by molar-refractivity contribution is 5.07. The molecule has 0 N–H and O–H groups in total. The van der Waals surface area contributed by atoms with Crippen LogP contribution in [0.5, 0.6) is 0 Å². The van der Waals surface area contributed by atoms with E-state index in [0.717, 1.165) is 5.92 Å². The molecule has 0 aromatic heterocycles. The van der Waals surface area contributed by atoms with Gasteiger partial charge in [-0.2, -0.15) is 0 Å². The predicted molar refractivity (Wildman–Crippen MR) is 59.8 cm³/mol. The van der Waals surface area contributed by atoms with Crippen molar-refractivity contribution in [2.75, 3.05) is 0 Å². The first kappa shape index (κ1) is 10.8. The molecule has 1 unspecified atom stereocenters. The highest BCUT2D eigenvalue weighted by Gasteiger charge is 2.29. The lowest BCUT2D eigenvalue weighted by Gasteiger charge is -2.36. The maximum Gasteiger partial charge on any atom is -0.0148 e. The van der Waals surface area contributed by atoms with E-state index in [-0.39, 0.29) is 0 Å². The van der Waals surface area contributed by atoms with Crippen LogP contribution in [0, 0.1) is 11.3 Å². The summed E-state index contributed by atoms with van der Waals surface area (Å²) in [6.07, 6.45) is 13.0. The Morgan fingerprint density at radius 1 is 1.23 bits per heavy atom. The van der Waals surface area contributed by atoms with E-state index in [1.807, 2.05) is 0 Å². The van der Waals surface area contributed by atoms with Crippen molar-refractivity contribution in [3.63, 3.8) is 0 Å². The molecule has 0 nitrogen and oxygen atoms in total. The molecular weight excluding hydrogens is 156 g/mol. The Kier molecular flexibility index (Phi) is 4.02. The highest BCUT2D eigenvalue weighted by Crippen LogP contribution is 2.40. The maximum atomic E-state index is 2.42. The molecule has 0 heteroatoms. The molecule has 1 rings (SSSR count). The van der Waals surface area contributed by atoms with Crippen molar-refractivity contribution >= 4 is 0 Å². The van der Waals surface area contributed by atoms with E-state index in [2.05, 4.69) is 32.9 Å². The molecule has 0 heterocycles. The van der Waals surface area contributed by atoms with Crippen LogP contribution in [0.1, 0.15) is 59.3 Å². The summed E-state index contributed by atoms with van der Waals surface area (Å²) in [5, 5.41) is 0. The molecule has 0 saturated heterocycles. The molecule has 0 aromatic rings. The average molecular weight is 180 g/mol. The van der Waals surface area contributed by atoms with Gasteiger partial charge in [0.1, 0.15) is 0 Å². The molecule has 1 aliphatic rings. The van der Waals surface area contributed by atoms with Crippen molar-refractivity contribution in [2.24, 2.45) is 11.3 Å². The third kappa shape index (κ3) is 3.17. The second-order valence-electron chi connectivity index (χ2n) is 5.07. The average Bonchev–Trinajstić information content (AvgIpc) is 1.93. The van der Waals surface area contributed by atoms with Gasteiger partial charge in [-0.25, -0.2) is 0 Å². The Morgan fingerprint density at radius 3 is 2.38 bits per heavy atom. The number of rotatable bonds is 6. The molecule has 1 atom stereocenters. The minimum absolute atomic E-state index is 0.558. The van der Waals surface area contributed by atoms with Crippen LogP contribution >= 0.6 is 0 Å². The van der Waals surface area contributed by atoms with Gasteiger partial charge in [0.25, 0.3) is 0 Å².